The first-order valence-corrected chi connectivity index (χ1v) is 8.54. The lowest BCUT2D eigenvalue weighted by Gasteiger charge is -2.33. The molecule has 136 valence electrons. The molecule has 0 fully saturated rings. The lowest BCUT2D eigenvalue weighted by molar-refractivity contribution is 0.150. The van der Waals surface area contributed by atoms with Crippen LogP contribution in [-0.2, 0) is 6.42 Å². The third-order valence-corrected chi connectivity index (χ3v) is 4.76. The minimum atomic E-state index is -2.59. The van der Waals surface area contributed by atoms with E-state index in [2.05, 4.69) is 25.0 Å². The Morgan fingerprint density at radius 1 is 1.15 bits per heavy atom. The average molecular weight is 367 g/mol. The van der Waals surface area contributed by atoms with Gasteiger partial charge in [-0.05, 0) is 18.2 Å². The van der Waals surface area contributed by atoms with Crippen LogP contribution in [0.15, 0.2) is 49.2 Å². The number of imidazole rings is 1. The van der Waals surface area contributed by atoms with E-state index < -0.39 is 6.43 Å². The van der Waals surface area contributed by atoms with Gasteiger partial charge in [0.2, 0.25) is 5.95 Å². The van der Waals surface area contributed by atoms with E-state index in [1.54, 1.807) is 10.8 Å². The molecule has 4 aromatic heterocycles. The molecule has 1 atom stereocenters. The number of nitrogens with one attached hydrogen (secondary N) is 1. The summed E-state index contributed by atoms with van der Waals surface area (Å²) in [7, 11) is 0. The summed E-state index contributed by atoms with van der Waals surface area (Å²) in [5.41, 5.74) is 3.46. The van der Waals surface area contributed by atoms with Crippen molar-refractivity contribution in [3.63, 3.8) is 0 Å². The molecule has 9 heteroatoms. The van der Waals surface area contributed by atoms with E-state index in [1.165, 1.54) is 12.4 Å². The van der Waals surface area contributed by atoms with Crippen molar-refractivity contribution >= 4 is 11.5 Å². The van der Waals surface area contributed by atoms with E-state index in [0.717, 1.165) is 29.0 Å². The zero-order valence-corrected chi connectivity index (χ0v) is 14.1. The predicted octanol–water partition coefficient (Wildman–Crippen LogP) is 2.94. The average Bonchev–Trinajstić information content (AvgIpc) is 3.33. The number of halogens is 2. The fourth-order valence-corrected chi connectivity index (χ4v) is 3.48. The van der Waals surface area contributed by atoms with Gasteiger partial charge in [-0.15, -0.1) is 0 Å². The molecule has 1 aliphatic rings. The highest BCUT2D eigenvalue weighted by Gasteiger charge is 2.34. The zero-order valence-electron chi connectivity index (χ0n) is 14.1. The summed E-state index contributed by atoms with van der Waals surface area (Å²) in [6.07, 6.45) is 4.04. The van der Waals surface area contributed by atoms with Crippen LogP contribution in [0.2, 0.25) is 0 Å². The molecule has 0 bridgehead atoms. The first-order chi connectivity index (χ1) is 13.2. The Morgan fingerprint density at radius 2 is 2.00 bits per heavy atom. The second-order valence-corrected chi connectivity index (χ2v) is 6.37. The van der Waals surface area contributed by atoms with Crippen molar-refractivity contribution in [2.24, 2.45) is 0 Å². The van der Waals surface area contributed by atoms with E-state index in [0.29, 0.717) is 12.5 Å². The number of H-pyrrole nitrogens is 1. The molecule has 5 rings (SSSR count). The number of aromatic amines is 1. The lowest BCUT2D eigenvalue weighted by atomic mass is 10.0. The van der Waals surface area contributed by atoms with E-state index >= 15 is 0 Å². The molecule has 0 spiro atoms. The quantitative estimate of drug-likeness (QED) is 0.603. The Bertz CT molecular complexity index is 1050. The fourth-order valence-electron chi connectivity index (χ4n) is 3.48. The van der Waals surface area contributed by atoms with Gasteiger partial charge in [-0.1, -0.05) is 6.07 Å². The van der Waals surface area contributed by atoms with E-state index in [9.17, 15) is 8.78 Å². The normalized spacial score (nSPS) is 16.9. The number of rotatable bonds is 3. The van der Waals surface area contributed by atoms with Crippen molar-refractivity contribution in [1.29, 1.82) is 0 Å². The maximum Gasteiger partial charge on any atom is 0.266 e. The van der Waals surface area contributed by atoms with E-state index in [1.807, 2.05) is 35.4 Å². The van der Waals surface area contributed by atoms with Crippen LogP contribution in [0.5, 0.6) is 0 Å². The summed E-state index contributed by atoms with van der Waals surface area (Å²) in [4.78, 5) is 18.0. The molecule has 0 radical (unpaired) electrons. The summed E-state index contributed by atoms with van der Waals surface area (Å²) >= 11 is 0. The van der Waals surface area contributed by atoms with Crippen LogP contribution < -0.4 is 4.90 Å². The van der Waals surface area contributed by atoms with E-state index in [4.69, 9.17) is 0 Å². The van der Waals surface area contributed by atoms with Gasteiger partial charge in [0.1, 0.15) is 6.04 Å². The van der Waals surface area contributed by atoms with Crippen molar-refractivity contribution in [3.05, 3.63) is 71.8 Å². The molecule has 27 heavy (non-hydrogen) atoms. The Balaban J connectivity index is 1.61. The van der Waals surface area contributed by atoms with Gasteiger partial charge in [-0.25, -0.2) is 28.2 Å². The Kier molecular flexibility index (Phi) is 3.59. The van der Waals surface area contributed by atoms with Crippen LogP contribution in [0.3, 0.4) is 0 Å². The second kappa shape index (κ2) is 6.11. The summed E-state index contributed by atoms with van der Waals surface area (Å²) < 4.78 is 27.5. The Labute approximate surface area is 152 Å². The van der Waals surface area contributed by atoms with Gasteiger partial charge in [-0.2, -0.15) is 5.10 Å². The molecule has 0 saturated carbocycles. The number of alkyl halides is 2. The molecular formula is C18H15F2N7. The monoisotopic (exact) mass is 367 g/mol. The minimum Gasteiger partial charge on any atom is -0.348 e. The number of hydrogen-bond acceptors (Lipinski definition) is 5. The van der Waals surface area contributed by atoms with E-state index in [-0.39, 0.29) is 11.6 Å². The summed E-state index contributed by atoms with van der Waals surface area (Å²) in [6, 6.07) is 7.54. The molecule has 0 amide bonds. The molecule has 0 aliphatic carbocycles. The van der Waals surface area contributed by atoms with Gasteiger partial charge in [0, 0.05) is 37.3 Å². The number of hydrogen-bond donors (Lipinski definition) is 1. The molecule has 5 heterocycles. The van der Waals surface area contributed by atoms with Crippen LogP contribution in [-0.4, -0.2) is 36.1 Å². The number of nitrogens with zero attached hydrogens (tertiary/aromatic N) is 6. The first kappa shape index (κ1) is 15.9. The van der Waals surface area contributed by atoms with Gasteiger partial charge >= 0.3 is 0 Å². The van der Waals surface area contributed by atoms with Crippen LogP contribution in [0.4, 0.5) is 14.7 Å². The summed E-state index contributed by atoms with van der Waals surface area (Å²) in [6.45, 7) is 0.627. The maximum atomic E-state index is 12.8. The molecular weight excluding hydrogens is 352 g/mol. The summed E-state index contributed by atoms with van der Waals surface area (Å²) in [5, 5.41) is 4.68. The summed E-state index contributed by atoms with van der Waals surface area (Å²) in [5.74, 6) is 0.384. The van der Waals surface area contributed by atoms with Crippen molar-refractivity contribution in [2.45, 2.75) is 18.9 Å². The molecule has 1 N–H and O–H groups in total. The smallest absolute Gasteiger partial charge is 0.266 e. The number of fused-ring (bicyclic) bond motifs is 2. The predicted molar refractivity (Wildman–Crippen MR) is 93.7 cm³/mol. The molecule has 7 nitrogen and oxygen atoms in total. The van der Waals surface area contributed by atoms with Crippen molar-refractivity contribution in [1.82, 2.24) is 29.5 Å². The highest BCUT2D eigenvalue weighted by atomic mass is 19.3. The van der Waals surface area contributed by atoms with Crippen molar-refractivity contribution in [3.8, 4) is 0 Å². The molecule has 0 saturated heterocycles. The fraction of sp³-hybridized carbons (Fsp3) is 0.222. The Hall–Kier alpha value is -3.36. The zero-order chi connectivity index (χ0) is 18.4. The SMILES string of the molecule is FC(F)c1cnc(N2CCc3[nH]cnc3[C@H]2c2cc3ccccn3n2)nc1. The third-order valence-electron chi connectivity index (χ3n) is 4.76. The van der Waals surface area contributed by atoms with Crippen LogP contribution >= 0.6 is 0 Å². The highest BCUT2D eigenvalue weighted by molar-refractivity contribution is 5.52. The van der Waals surface area contributed by atoms with Crippen LogP contribution in [0.25, 0.3) is 5.52 Å². The van der Waals surface area contributed by atoms with Crippen molar-refractivity contribution < 1.29 is 8.78 Å². The van der Waals surface area contributed by atoms with Gasteiger partial charge in [0.25, 0.3) is 6.43 Å². The first-order valence-electron chi connectivity index (χ1n) is 8.54. The highest BCUT2D eigenvalue weighted by Crippen LogP contribution is 2.35. The van der Waals surface area contributed by atoms with Gasteiger partial charge < -0.3 is 9.88 Å². The molecule has 1 aliphatic heterocycles. The minimum absolute atomic E-state index is 0.194. The topological polar surface area (TPSA) is 75.0 Å². The van der Waals surface area contributed by atoms with Gasteiger partial charge in [-0.3, -0.25) is 0 Å². The third kappa shape index (κ3) is 2.62. The standard InChI is InChI=1S/C18H15F2N7/c19-17(20)11-8-21-18(22-9-11)26-6-4-13-15(24-10-23-13)16(26)14-7-12-3-1-2-5-27(12)25-14/h1-3,5,7-10,16-17H,4,6H2,(H,23,24)/t16-/m1/s1. The number of anilines is 1. The number of aromatic nitrogens is 6. The largest absolute Gasteiger partial charge is 0.348 e. The van der Waals surface area contributed by atoms with Crippen molar-refractivity contribution in [2.75, 3.05) is 11.4 Å². The van der Waals surface area contributed by atoms with Gasteiger partial charge in [0.15, 0.2) is 0 Å². The van der Waals surface area contributed by atoms with Crippen LogP contribution in [0, 0.1) is 0 Å². The molecule has 0 unspecified atom stereocenters. The molecule has 0 aromatic carbocycles. The molecule has 4 aromatic rings. The second-order valence-electron chi connectivity index (χ2n) is 6.37. The van der Waals surface area contributed by atoms with Gasteiger partial charge in [0.05, 0.1) is 28.8 Å². The lowest BCUT2D eigenvalue weighted by Crippen LogP contribution is -2.37. The maximum absolute atomic E-state index is 12.8. The number of pyridine rings is 1. The Morgan fingerprint density at radius 3 is 2.78 bits per heavy atom. The van der Waals surface area contributed by atoms with Crippen LogP contribution in [0.1, 0.15) is 35.1 Å².